The molecule has 0 heterocycles. The van der Waals surface area contributed by atoms with Gasteiger partial charge in [-0.3, -0.25) is 4.79 Å². The Balaban J connectivity index is 0.00000225. The minimum atomic E-state index is -0.731. The molecule has 0 aliphatic heterocycles. The first kappa shape index (κ1) is 27.0. The van der Waals surface area contributed by atoms with Gasteiger partial charge in [-0.1, -0.05) is 48.9 Å². The summed E-state index contributed by atoms with van der Waals surface area (Å²) in [5.41, 5.74) is 2.17. The zero-order valence-corrected chi connectivity index (χ0v) is 20.0. The smallest absolute Gasteiger partial charge is 0.310 e. The summed E-state index contributed by atoms with van der Waals surface area (Å²) in [5.74, 6) is -0.0390. The second-order valence-electron chi connectivity index (χ2n) is 9.22. The van der Waals surface area contributed by atoms with Crippen LogP contribution in [-0.4, -0.2) is 35.7 Å². The highest BCUT2D eigenvalue weighted by Gasteiger charge is 2.40. The number of hydrogen-bond donors (Lipinski definition) is 3. The Hall–Kier alpha value is -1.07. The zero-order chi connectivity index (χ0) is 20.1. The highest BCUT2D eigenvalue weighted by atomic mass is 35.5. The lowest BCUT2D eigenvalue weighted by molar-refractivity contribution is -0.146. The van der Waals surface area contributed by atoms with Crippen molar-refractivity contribution in [1.29, 1.82) is 0 Å². The number of carboxylic acids is 1. The quantitative estimate of drug-likeness (QED) is 0.470. The van der Waals surface area contributed by atoms with Gasteiger partial charge in [-0.25, -0.2) is 0 Å². The van der Waals surface area contributed by atoms with E-state index in [9.17, 15) is 9.90 Å². The van der Waals surface area contributed by atoms with E-state index in [-0.39, 0.29) is 24.8 Å². The van der Waals surface area contributed by atoms with Gasteiger partial charge in [-0.15, -0.1) is 24.8 Å². The van der Waals surface area contributed by atoms with Crippen molar-refractivity contribution < 1.29 is 9.90 Å². The molecule has 2 aliphatic rings. The maximum absolute atomic E-state index is 11.2. The van der Waals surface area contributed by atoms with Gasteiger partial charge in [0.1, 0.15) is 0 Å². The van der Waals surface area contributed by atoms with Crippen molar-refractivity contribution in [2.45, 2.75) is 77.4 Å². The van der Waals surface area contributed by atoms with Crippen LogP contribution in [0.2, 0.25) is 0 Å². The Morgan fingerprint density at radius 1 is 1.10 bits per heavy atom. The van der Waals surface area contributed by atoms with Gasteiger partial charge in [-0.2, -0.15) is 0 Å². The third kappa shape index (κ3) is 7.56. The number of carboxylic acid groups (broad SMARTS) is 1. The summed E-state index contributed by atoms with van der Waals surface area (Å²) in [6.07, 6.45) is 9.37. The maximum atomic E-state index is 11.2. The van der Waals surface area contributed by atoms with Crippen LogP contribution >= 0.6 is 24.8 Å². The van der Waals surface area contributed by atoms with E-state index in [2.05, 4.69) is 54.0 Å². The summed E-state index contributed by atoms with van der Waals surface area (Å²) in [6, 6.07) is 12.3. The van der Waals surface area contributed by atoms with E-state index in [1.165, 1.54) is 24.8 Å². The van der Waals surface area contributed by atoms with Gasteiger partial charge in [0, 0.05) is 24.7 Å². The second-order valence-corrected chi connectivity index (χ2v) is 9.22. The average molecular weight is 457 g/mol. The topological polar surface area (TPSA) is 61.4 Å². The lowest BCUT2D eigenvalue weighted by Crippen LogP contribution is -2.45. The maximum Gasteiger partial charge on any atom is 0.310 e. The monoisotopic (exact) mass is 456 g/mol. The molecule has 2 atom stereocenters. The number of aliphatic carboxylic acids is 1. The minimum Gasteiger partial charge on any atom is -0.481 e. The van der Waals surface area contributed by atoms with E-state index in [1.54, 1.807) is 19.4 Å². The molecule has 0 bridgehead atoms. The molecular weight excluding hydrogens is 419 g/mol. The number of rotatable bonds is 9. The second kappa shape index (κ2) is 12.1. The Morgan fingerprint density at radius 2 is 1.70 bits per heavy atom. The van der Waals surface area contributed by atoms with Crippen molar-refractivity contribution in [2.75, 3.05) is 6.54 Å². The van der Waals surface area contributed by atoms with Gasteiger partial charge in [0.2, 0.25) is 0 Å². The Morgan fingerprint density at radius 3 is 2.27 bits per heavy atom. The molecule has 0 aromatic heterocycles. The fourth-order valence-corrected chi connectivity index (χ4v) is 4.27. The van der Waals surface area contributed by atoms with Crippen molar-refractivity contribution >= 4 is 36.9 Å². The molecule has 2 saturated carbocycles. The molecule has 170 valence electrons. The van der Waals surface area contributed by atoms with Gasteiger partial charge in [0.05, 0.1) is 5.41 Å². The molecule has 1 aromatic carbocycles. The highest BCUT2D eigenvalue weighted by Crippen LogP contribution is 2.40. The van der Waals surface area contributed by atoms with Gasteiger partial charge >= 0.3 is 5.97 Å². The van der Waals surface area contributed by atoms with E-state index in [1.807, 2.05) is 0 Å². The summed E-state index contributed by atoms with van der Waals surface area (Å²) in [7, 11) is 0. The molecular formula is C24H38Cl2N2O2. The summed E-state index contributed by atoms with van der Waals surface area (Å²) >= 11 is 0. The van der Waals surface area contributed by atoms with Crippen molar-refractivity contribution in [2.24, 2.45) is 11.3 Å². The van der Waals surface area contributed by atoms with Crippen LogP contribution < -0.4 is 10.6 Å². The fourth-order valence-electron chi connectivity index (χ4n) is 4.27. The molecule has 0 spiro atoms. The van der Waals surface area contributed by atoms with Gasteiger partial charge in [0.15, 0.2) is 0 Å². The predicted molar refractivity (Wildman–Crippen MR) is 130 cm³/mol. The standard InChI is InChI=1S/C24H36N2O2.2ClH/c1-4-18(14-17-8-6-5-7-9-17)21-15-22(21)26-20-12-10-19(11-13-20)25-16-24(2,3)23(27)28;;/h5-9,14,19-22,25-26H,4,10-13,15-16H2,1-3H3,(H,27,28);2*1H/t19?,20?,21-,22+;;/m0../s1. The molecule has 0 saturated heterocycles. The van der Waals surface area contributed by atoms with Crippen LogP contribution in [0.4, 0.5) is 0 Å². The molecule has 0 unspecified atom stereocenters. The number of hydrogen-bond acceptors (Lipinski definition) is 3. The predicted octanol–water partition coefficient (Wildman–Crippen LogP) is 5.31. The van der Waals surface area contributed by atoms with Crippen LogP contribution in [0.3, 0.4) is 0 Å². The Kier molecular flexibility index (Phi) is 10.9. The fraction of sp³-hybridized carbons (Fsp3) is 0.625. The molecule has 2 aliphatic carbocycles. The first-order valence-electron chi connectivity index (χ1n) is 10.9. The third-order valence-corrected chi connectivity index (χ3v) is 6.42. The van der Waals surface area contributed by atoms with Crippen LogP contribution in [0.5, 0.6) is 0 Å². The van der Waals surface area contributed by atoms with E-state index >= 15 is 0 Å². The van der Waals surface area contributed by atoms with Gasteiger partial charge in [0.25, 0.3) is 0 Å². The molecule has 30 heavy (non-hydrogen) atoms. The summed E-state index contributed by atoms with van der Waals surface area (Å²) in [4.78, 5) is 11.2. The van der Waals surface area contributed by atoms with E-state index in [4.69, 9.17) is 0 Å². The number of nitrogens with one attached hydrogen (secondary N) is 2. The first-order valence-corrected chi connectivity index (χ1v) is 10.9. The molecule has 3 N–H and O–H groups in total. The minimum absolute atomic E-state index is 0. The van der Waals surface area contributed by atoms with E-state index in [0.29, 0.717) is 30.6 Å². The largest absolute Gasteiger partial charge is 0.481 e. The van der Waals surface area contributed by atoms with Crippen LogP contribution in [0.1, 0.15) is 64.9 Å². The molecule has 0 amide bonds. The third-order valence-electron chi connectivity index (χ3n) is 6.42. The normalized spacial score (nSPS) is 26.3. The number of benzene rings is 1. The lowest BCUT2D eigenvalue weighted by atomic mass is 9.88. The lowest BCUT2D eigenvalue weighted by Gasteiger charge is -2.32. The average Bonchev–Trinajstić information content (AvgIpc) is 3.45. The molecule has 4 nitrogen and oxygen atoms in total. The van der Waals surface area contributed by atoms with Crippen LogP contribution in [0, 0.1) is 11.3 Å². The molecule has 2 fully saturated rings. The molecule has 3 rings (SSSR count). The van der Waals surface area contributed by atoms with Crippen molar-refractivity contribution in [1.82, 2.24) is 10.6 Å². The molecule has 1 aromatic rings. The molecule has 0 radical (unpaired) electrons. The van der Waals surface area contributed by atoms with Crippen molar-refractivity contribution in [3.8, 4) is 0 Å². The summed E-state index contributed by atoms with van der Waals surface area (Å²) in [5, 5.41) is 16.6. The van der Waals surface area contributed by atoms with Crippen molar-refractivity contribution in [3.05, 3.63) is 41.5 Å². The van der Waals surface area contributed by atoms with Crippen molar-refractivity contribution in [3.63, 3.8) is 0 Å². The zero-order valence-electron chi connectivity index (χ0n) is 18.4. The number of carbonyl (C=O) groups is 1. The van der Waals surface area contributed by atoms with Crippen LogP contribution in [-0.2, 0) is 4.79 Å². The first-order chi connectivity index (χ1) is 13.4. The van der Waals surface area contributed by atoms with Gasteiger partial charge < -0.3 is 15.7 Å². The molecule has 6 heteroatoms. The summed E-state index contributed by atoms with van der Waals surface area (Å²) < 4.78 is 0. The Labute approximate surface area is 194 Å². The SMILES string of the molecule is CCC(=Cc1ccccc1)[C@@H]1C[C@H]1NC1CCC(NCC(C)(C)C(=O)O)CC1.Cl.Cl. The van der Waals surface area contributed by atoms with E-state index in [0.717, 1.165) is 19.3 Å². The Bertz CT molecular complexity index is 686. The number of halogens is 2. The van der Waals surface area contributed by atoms with Gasteiger partial charge in [-0.05, 0) is 63.9 Å². The van der Waals surface area contributed by atoms with Crippen LogP contribution in [0.25, 0.3) is 6.08 Å². The van der Waals surface area contributed by atoms with E-state index < -0.39 is 11.4 Å². The highest BCUT2D eigenvalue weighted by molar-refractivity contribution is 5.85. The summed E-state index contributed by atoms with van der Waals surface area (Å²) in [6.45, 7) is 6.38. The van der Waals surface area contributed by atoms with Crippen LogP contribution in [0.15, 0.2) is 35.9 Å².